The van der Waals surface area contributed by atoms with Crippen molar-refractivity contribution in [3.05, 3.63) is 64.5 Å². The van der Waals surface area contributed by atoms with Crippen LogP contribution < -0.4 is 4.57 Å². The lowest BCUT2D eigenvalue weighted by Crippen LogP contribution is -2.25. The molecule has 0 amide bonds. The first-order valence-electron chi connectivity index (χ1n) is 7.49. The van der Waals surface area contributed by atoms with Crippen LogP contribution in [0.5, 0.6) is 0 Å². The number of aryl methyl sites for hydroxylation is 3. The van der Waals surface area contributed by atoms with Gasteiger partial charge in [0.15, 0.2) is 11.0 Å². The summed E-state index contributed by atoms with van der Waals surface area (Å²) in [7, 11) is 2.11. The number of benzene rings is 2. The lowest BCUT2D eigenvalue weighted by atomic mass is 9.94. The Morgan fingerprint density at radius 3 is 2.24 bits per heavy atom. The topological polar surface area (TPSA) is 8.81 Å². The molecule has 0 radical (unpaired) electrons. The molecule has 1 aromatic heterocycles. The van der Waals surface area contributed by atoms with Crippen LogP contribution in [0.2, 0.25) is 0 Å². The van der Waals surface area contributed by atoms with Gasteiger partial charge in [-0.2, -0.15) is 0 Å². The number of nitrogens with zero attached hydrogens (tertiary/aromatic N) is 2. The average Bonchev–Trinajstić information content (AvgIpc) is 2.79. The third-order valence-corrected chi connectivity index (χ3v) is 4.73. The van der Waals surface area contributed by atoms with E-state index >= 15 is 0 Å². The second-order valence-corrected chi connectivity index (χ2v) is 6.08. The number of imidazole rings is 1. The van der Waals surface area contributed by atoms with E-state index in [1.165, 1.54) is 38.9 Å². The van der Waals surface area contributed by atoms with Crippen molar-refractivity contribution in [2.45, 2.75) is 34.2 Å². The summed E-state index contributed by atoms with van der Waals surface area (Å²) in [6.45, 7) is 9.82. The van der Waals surface area contributed by atoms with Crippen LogP contribution in [0.1, 0.15) is 27.8 Å². The van der Waals surface area contributed by atoms with Crippen LogP contribution >= 0.6 is 0 Å². The van der Waals surface area contributed by atoms with Gasteiger partial charge in [0.25, 0.3) is 0 Å². The minimum atomic E-state index is 0.932. The van der Waals surface area contributed by atoms with Crippen LogP contribution in [0.15, 0.2) is 36.7 Å². The fourth-order valence-electron chi connectivity index (χ4n) is 3.17. The zero-order valence-corrected chi connectivity index (χ0v) is 13.6. The molecule has 3 aromatic rings. The molecule has 0 aliphatic heterocycles. The van der Waals surface area contributed by atoms with Crippen LogP contribution in [0.4, 0.5) is 0 Å². The Bertz CT molecular complexity index is 799. The van der Waals surface area contributed by atoms with Gasteiger partial charge in [0.1, 0.15) is 6.54 Å². The van der Waals surface area contributed by atoms with Gasteiger partial charge in [0.05, 0.1) is 7.05 Å². The van der Waals surface area contributed by atoms with E-state index in [0.717, 1.165) is 6.54 Å². The summed E-state index contributed by atoms with van der Waals surface area (Å²) in [6, 6.07) is 10.9. The van der Waals surface area contributed by atoms with E-state index in [1.807, 2.05) is 0 Å². The van der Waals surface area contributed by atoms with Gasteiger partial charge in [-0.05, 0) is 67.6 Å². The molecule has 3 rings (SSSR count). The van der Waals surface area contributed by atoms with E-state index in [0.29, 0.717) is 0 Å². The van der Waals surface area contributed by atoms with Crippen molar-refractivity contribution in [3.63, 3.8) is 0 Å². The summed E-state index contributed by atoms with van der Waals surface area (Å²) in [4.78, 5) is 0. The maximum atomic E-state index is 2.35. The molecular formula is C19H23N2+. The summed E-state index contributed by atoms with van der Waals surface area (Å²) >= 11 is 0. The van der Waals surface area contributed by atoms with Crippen LogP contribution in [-0.4, -0.2) is 4.57 Å². The lowest BCUT2D eigenvalue weighted by molar-refractivity contribution is -0.645. The van der Waals surface area contributed by atoms with Crippen molar-refractivity contribution >= 4 is 11.0 Å². The summed E-state index contributed by atoms with van der Waals surface area (Å²) in [5.74, 6) is 0. The summed E-state index contributed by atoms with van der Waals surface area (Å²) in [5.41, 5.74) is 9.61. The van der Waals surface area contributed by atoms with Crippen molar-refractivity contribution in [2.75, 3.05) is 0 Å². The first-order valence-corrected chi connectivity index (χ1v) is 7.49. The van der Waals surface area contributed by atoms with E-state index in [-0.39, 0.29) is 0 Å². The molecule has 0 aliphatic rings. The van der Waals surface area contributed by atoms with Gasteiger partial charge >= 0.3 is 0 Å². The molecule has 0 atom stereocenters. The molecule has 0 saturated carbocycles. The Hall–Kier alpha value is -2.09. The monoisotopic (exact) mass is 279 g/mol. The number of hydrogen-bond acceptors (Lipinski definition) is 0. The Balaban J connectivity index is 2.16. The van der Waals surface area contributed by atoms with Crippen molar-refractivity contribution < 1.29 is 4.57 Å². The highest BCUT2D eigenvalue weighted by molar-refractivity contribution is 5.71. The minimum absolute atomic E-state index is 0.932. The maximum Gasteiger partial charge on any atom is 0.244 e. The molecule has 0 unspecified atom stereocenters. The van der Waals surface area contributed by atoms with E-state index in [4.69, 9.17) is 0 Å². The van der Waals surface area contributed by atoms with Crippen molar-refractivity contribution in [2.24, 2.45) is 7.05 Å². The highest BCUT2D eigenvalue weighted by Gasteiger charge is 2.16. The standard InChI is InChI=1S/C19H23N2/c1-13-10-14(2)16(4)17(15(13)3)11-21-12-20(5)18-8-6-7-9-19(18)21/h6-10,12H,11H2,1-5H3/q+1. The Labute approximate surface area is 126 Å². The van der Waals surface area contributed by atoms with Crippen LogP contribution in [0.25, 0.3) is 11.0 Å². The Morgan fingerprint density at radius 2 is 1.57 bits per heavy atom. The van der Waals surface area contributed by atoms with Gasteiger partial charge in [-0.25, -0.2) is 9.13 Å². The van der Waals surface area contributed by atoms with E-state index in [2.05, 4.69) is 80.5 Å². The highest BCUT2D eigenvalue weighted by atomic mass is 15.1. The summed E-state index contributed by atoms with van der Waals surface area (Å²) < 4.78 is 4.55. The quantitative estimate of drug-likeness (QED) is 0.632. The lowest BCUT2D eigenvalue weighted by Gasteiger charge is -2.14. The van der Waals surface area contributed by atoms with E-state index in [9.17, 15) is 0 Å². The predicted molar refractivity (Wildman–Crippen MR) is 87.6 cm³/mol. The van der Waals surface area contributed by atoms with Crippen LogP contribution in [0.3, 0.4) is 0 Å². The first kappa shape index (κ1) is 13.9. The molecule has 108 valence electrons. The van der Waals surface area contributed by atoms with Gasteiger partial charge in [0, 0.05) is 0 Å². The van der Waals surface area contributed by atoms with E-state index in [1.54, 1.807) is 0 Å². The fourth-order valence-corrected chi connectivity index (χ4v) is 3.17. The smallest absolute Gasteiger partial charge is 0.233 e. The molecule has 0 spiro atoms. The molecule has 0 N–H and O–H groups in total. The summed E-state index contributed by atoms with van der Waals surface area (Å²) in [5, 5.41) is 0. The van der Waals surface area contributed by atoms with Crippen molar-refractivity contribution in [1.29, 1.82) is 0 Å². The SMILES string of the molecule is Cc1cc(C)c(C)c(Cn2c[n+](C)c3ccccc32)c1C. The van der Waals surface area contributed by atoms with Gasteiger partial charge in [0.2, 0.25) is 6.33 Å². The van der Waals surface area contributed by atoms with Gasteiger partial charge in [-0.15, -0.1) is 0 Å². The normalized spacial score (nSPS) is 11.3. The summed E-state index contributed by atoms with van der Waals surface area (Å²) in [6.07, 6.45) is 2.20. The fraction of sp³-hybridized carbons (Fsp3) is 0.316. The number of aromatic nitrogens is 2. The largest absolute Gasteiger partial charge is 0.244 e. The van der Waals surface area contributed by atoms with Gasteiger partial charge in [-0.3, -0.25) is 0 Å². The molecule has 0 bridgehead atoms. The third-order valence-electron chi connectivity index (χ3n) is 4.73. The molecule has 2 nitrogen and oxygen atoms in total. The number of fused-ring (bicyclic) bond motifs is 1. The third kappa shape index (κ3) is 2.25. The predicted octanol–water partition coefficient (Wildman–Crippen LogP) is 3.75. The van der Waals surface area contributed by atoms with Gasteiger partial charge in [-0.1, -0.05) is 18.2 Å². The molecule has 1 heterocycles. The molecule has 21 heavy (non-hydrogen) atoms. The van der Waals surface area contributed by atoms with Crippen LogP contribution in [0, 0.1) is 27.7 Å². The zero-order valence-electron chi connectivity index (χ0n) is 13.6. The molecule has 0 saturated heterocycles. The van der Waals surface area contributed by atoms with E-state index < -0.39 is 0 Å². The van der Waals surface area contributed by atoms with Crippen molar-refractivity contribution in [1.82, 2.24) is 4.57 Å². The number of hydrogen-bond donors (Lipinski definition) is 0. The number of rotatable bonds is 2. The van der Waals surface area contributed by atoms with Crippen LogP contribution in [-0.2, 0) is 13.6 Å². The Morgan fingerprint density at radius 1 is 0.952 bits per heavy atom. The molecule has 0 aliphatic carbocycles. The second kappa shape index (κ2) is 5.03. The molecule has 0 fully saturated rings. The molecular weight excluding hydrogens is 256 g/mol. The number of para-hydroxylation sites is 2. The van der Waals surface area contributed by atoms with Crippen molar-refractivity contribution in [3.8, 4) is 0 Å². The zero-order chi connectivity index (χ0) is 15.1. The Kier molecular flexibility index (Phi) is 3.32. The minimum Gasteiger partial charge on any atom is -0.233 e. The van der Waals surface area contributed by atoms with Gasteiger partial charge < -0.3 is 0 Å². The molecule has 2 heteroatoms. The second-order valence-electron chi connectivity index (χ2n) is 6.08. The first-order chi connectivity index (χ1) is 9.99. The molecule has 2 aromatic carbocycles. The maximum absolute atomic E-state index is 2.35. The average molecular weight is 279 g/mol. The highest BCUT2D eigenvalue weighted by Crippen LogP contribution is 2.23.